The molecule has 0 amide bonds. The molecule has 1 saturated carbocycles. The minimum absolute atomic E-state index is 0.157. The summed E-state index contributed by atoms with van der Waals surface area (Å²) in [6.45, 7) is 7.24. The van der Waals surface area contributed by atoms with Crippen LogP contribution >= 0.6 is 15.9 Å². The highest BCUT2D eigenvalue weighted by Crippen LogP contribution is 2.33. The number of carbonyl (C=O) groups excluding carboxylic acids is 1. The minimum atomic E-state index is 0.157. The molecule has 21 heavy (non-hydrogen) atoms. The molecule has 0 atom stereocenters. The molecule has 2 rings (SSSR count). The number of halogens is 1. The van der Waals surface area contributed by atoms with E-state index in [1.807, 2.05) is 12.1 Å². The lowest BCUT2D eigenvalue weighted by Crippen LogP contribution is -2.35. The van der Waals surface area contributed by atoms with E-state index in [1.165, 1.54) is 32.1 Å². The number of anilines is 1. The minimum Gasteiger partial charge on any atom is -0.368 e. The van der Waals surface area contributed by atoms with Gasteiger partial charge in [-0.15, -0.1) is 0 Å². The van der Waals surface area contributed by atoms with Gasteiger partial charge in [0, 0.05) is 28.3 Å². The van der Waals surface area contributed by atoms with Crippen LogP contribution in [0.25, 0.3) is 0 Å². The molecule has 0 bridgehead atoms. The number of carbonyl (C=O) groups is 1. The number of rotatable bonds is 6. The molecule has 1 aromatic rings. The second-order valence-corrected chi connectivity index (χ2v) is 7.45. The Morgan fingerprint density at radius 3 is 2.57 bits per heavy atom. The fraction of sp³-hybridized carbons (Fsp3) is 0.611. The molecule has 0 N–H and O–H groups in total. The molecule has 0 unspecified atom stereocenters. The first-order valence-electron chi connectivity index (χ1n) is 8.06. The number of hydrogen-bond donors (Lipinski definition) is 0. The first-order valence-corrected chi connectivity index (χ1v) is 8.85. The normalized spacial score (nSPS) is 15.7. The van der Waals surface area contributed by atoms with E-state index in [4.69, 9.17) is 0 Å². The Hall–Kier alpha value is -0.830. The quantitative estimate of drug-likeness (QED) is 0.635. The molecule has 2 nitrogen and oxygen atoms in total. The Bertz CT molecular complexity index is 492. The van der Waals surface area contributed by atoms with Crippen molar-refractivity contribution in [2.75, 3.05) is 11.4 Å². The van der Waals surface area contributed by atoms with Crippen LogP contribution in [0.2, 0.25) is 0 Å². The van der Waals surface area contributed by atoms with Crippen LogP contribution in [0, 0.1) is 5.92 Å². The SMILES string of the molecule is CC(=O)c1ccc(Br)cc1N(CCC(C)C)C1CCCC1. The van der Waals surface area contributed by atoms with E-state index in [0.717, 1.165) is 22.3 Å². The summed E-state index contributed by atoms with van der Waals surface area (Å²) in [5.41, 5.74) is 1.97. The van der Waals surface area contributed by atoms with Crippen molar-refractivity contribution in [2.45, 2.75) is 58.9 Å². The molecule has 0 aliphatic heterocycles. The number of ketones is 1. The third-order valence-corrected chi connectivity index (χ3v) is 4.85. The van der Waals surface area contributed by atoms with Crippen molar-refractivity contribution in [1.82, 2.24) is 0 Å². The first kappa shape index (κ1) is 16.5. The van der Waals surface area contributed by atoms with Crippen molar-refractivity contribution in [3.05, 3.63) is 28.2 Å². The zero-order chi connectivity index (χ0) is 15.4. The van der Waals surface area contributed by atoms with Gasteiger partial charge in [0.15, 0.2) is 5.78 Å². The van der Waals surface area contributed by atoms with Crippen LogP contribution in [-0.4, -0.2) is 18.4 Å². The maximum absolute atomic E-state index is 12.0. The van der Waals surface area contributed by atoms with Crippen LogP contribution in [-0.2, 0) is 0 Å². The fourth-order valence-electron chi connectivity index (χ4n) is 3.15. The van der Waals surface area contributed by atoms with E-state index in [2.05, 4.69) is 40.7 Å². The largest absolute Gasteiger partial charge is 0.368 e. The summed E-state index contributed by atoms with van der Waals surface area (Å²) in [5.74, 6) is 0.840. The lowest BCUT2D eigenvalue weighted by molar-refractivity contribution is 0.101. The standard InChI is InChI=1S/C18H26BrNO/c1-13(2)10-11-20(16-6-4-5-7-16)18-12-15(19)8-9-17(18)14(3)21/h8-9,12-13,16H,4-7,10-11H2,1-3H3. The molecular formula is C18H26BrNO. The molecule has 0 radical (unpaired) electrons. The topological polar surface area (TPSA) is 20.3 Å². The lowest BCUT2D eigenvalue weighted by Gasteiger charge is -2.33. The summed E-state index contributed by atoms with van der Waals surface area (Å²) < 4.78 is 1.05. The van der Waals surface area contributed by atoms with Gasteiger partial charge in [-0.05, 0) is 50.3 Å². The average molecular weight is 352 g/mol. The third-order valence-electron chi connectivity index (χ3n) is 4.36. The summed E-state index contributed by atoms with van der Waals surface area (Å²) in [4.78, 5) is 14.5. The van der Waals surface area contributed by atoms with E-state index in [0.29, 0.717) is 12.0 Å². The molecule has 1 aromatic carbocycles. The predicted molar refractivity (Wildman–Crippen MR) is 93.2 cm³/mol. The average Bonchev–Trinajstić information content (AvgIpc) is 2.92. The van der Waals surface area contributed by atoms with E-state index >= 15 is 0 Å². The van der Waals surface area contributed by atoms with Gasteiger partial charge in [-0.2, -0.15) is 0 Å². The number of benzene rings is 1. The van der Waals surface area contributed by atoms with Crippen molar-refractivity contribution in [3.8, 4) is 0 Å². The molecule has 0 heterocycles. The van der Waals surface area contributed by atoms with Gasteiger partial charge in [-0.25, -0.2) is 0 Å². The van der Waals surface area contributed by atoms with Crippen LogP contribution in [0.3, 0.4) is 0 Å². The van der Waals surface area contributed by atoms with Crippen molar-refractivity contribution in [3.63, 3.8) is 0 Å². The Morgan fingerprint density at radius 1 is 1.33 bits per heavy atom. The second kappa shape index (κ2) is 7.44. The van der Waals surface area contributed by atoms with Crippen molar-refractivity contribution < 1.29 is 4.79 Å². The molecule has 1 fully saturated rings. The van der Waals surface area contributed by atoms with Crippen molar-refractivity contribution >= 4 is 27.4 Å². The Morgan fingerprint density at radius 2 is 2.00 bits per heavy atom. The van der Waals surface area contributed by atoms with Gasteiger partial charge in [0.2, 0.25) is 0 Å². The zero-order valence-electron chi connectivity index (χ0n) is 13.4. The van der Waals surface area contributed by atoms with Gasteiger partial charge in [-0.3, -0.25) is 4.79 Å². The van der Waals surface area contributed by atoms with Gasteiger partial charge in [-0.1, -0.05) is 42.6 Å². The number of Topliss-reactive ketones (excluding diaryl/α,β-unsaturated/α-hetero) is 1. The van der Waals surface area contributed by atoms with E-state index in [9.17, 15) is 4.79 Å². The molecule has 1 aliphatic rings. The van der Waals surface area contributed by atoms with Crippen LogP contribution < -0.4 is 4.90 Å². The summed E-state index contributed by atoms with van der Waals surface area (Å²) in [6.07, 6.45) is 6.29. The molecule has 3 heteroatoms. The highest BCUT2D eigenvalue weighted by molar-refractivity contribution is 9.10. The van der Waals surface area contributed by atoms with Gasteiger partial charge in [0.1, 0.15) is 0 Å². The molecule has 116 valence electrons. The van der Waals surface area contributed by atoms with Gasteiger partial charge < -0.3 is 4.90 Å². The Balaban J connectivity index is 2.34. The summed E-state index contributed by atoms with van der Waals surface area (Å²) in [7, 11) is 0. The summed E-state index contributed by atoms with van der Waals surface area (Å²) in [5, 5.41) is 0. The molecular weight excluding hydrogens is 326 g/mol. The van der Waals surface area contributed by atoms with Crippen molar-refractivity contribution in [2.24, 2.45) is 5.92 Å². The summed E-state index contributed by atoms with van der Waals surface area (Å²) >= 11 is 3.56. The third kappa shape index (κ3) is 4.32. The fourth-order valence-corrected chi connectivity index (χ4v) is 3.50. The highest BCUT2D eigenvalue weighted by Gasteiger charge is 2.25. The van der Waals surface area contributed by atoms with Crippen LogP contribution in [0.4, 0.5) is 5.69 Å². The van der Waals surface area contributed by atoms with E-state index in [1.54, 1.807) is 6.92 Å². The predicted octanol–water partition coefficient (Wildman–Crippen LogP) is 5.45. The zero-order valence-corrected chi connectivity index (χ0v) is 14.9. The molecule has 1 aliphatic carbocycles. The number of hydrogen-bond acceptors (Lipinski definition) is 2. The second-order valence-electron chi connectivity index (χ2n) is 6.53. The maximum atomic E-state index is 12.0. The van der Waals surface area contributed by atoms with Gasteiger partial charge in [0.05, 0.1) is 0 Å². The summed E-state index contributed by atoms with van der Waals surface area (Å²) in [6, 6.07) is 6.64. The Labute approximate surface area is 137 Å². The Kier molecular flexibility index (Phi) is 5.86. The molecule has 0 saturated heterocycles. The van der Waals surface area contributed by atoms with Crippen LogP contribution in [0.1, 0.15) is 63.2 Å². The van der Waals surface area contributed by atoms with Gasteiger partial charge in [0.25, 0.3) is 0 Å². The van der Waals surface area contributed by atoms with Crippen molar-refractivity contribution in [1.29, 1.82) is 0 Å². The van der Waals surface area contributed by atoms with E-state index in [-0.39, 0.29) is 5.78 Å². The first-order chi connectivity index (χ1) is 9.99. The van der Waals surface area contributed by atoms with Crippen LogP contribution in [0.5, 0.6) is 0 Å². The van der Waals surface area contributed by atoms with E-state index < -0.39 is 0 Å². The maximum Gasteiger partial charge on any atom is 0.161 e. The van der Waals surface area contributed by atoms with Gasteiger partial charge >= 0.3 is 0 Å². The molecule has 0 spiro atoms. The van der Waals surface area contributed by atoms with Crippen LogP contribution in [0.15, 0.2) is 22.7 Å². The number of nitrogens with zero attached hydrogens (tertiary/aromatic N) is 1. The monoisotopic (exact) mass is 351 g/mol. The smallest absolute Gasteiger partial charge is 0.161 e. The molecule has 0 aromatic heterocycles. The lowest BCUT2D eigenvalue weighted by atomic mass is 10.0. The highest BCUT2D eigenvalue weighted by atomic mass is 79.9.